The first-order valence-electron chi connectivity index (χ1n) is 12.8. The molecular weight excluding hydrogens is 545 g/mol. The molecule has 2 aliphatic rings. The van der Waals surface area contributed by atoms with Crippen molar-refractivity contribution in [3.05, 3.63) is 81.7 Å². The quantitative estimate of drug-likeness (QED) is 0.398. The van der Waals surface area contributed by atoms with Crippen molar-refractivity contribution in [3.63, 3.8) is 0 Å². The summed E-state index contributed by atoms with van der Waals surface area (Å²) in [6.07, 6.45) is -1.81. The van der Waals surface area contributed by atoms with Gasteiger partial charge in [-0.25, -0.2) is 4.98 Å². The van der Waals surface area contributed by atoms with E-state index in [4.69, 9.17) is 16.7 Å². The van der Waals surface area contributed by atoms with Crippen molar-refractivity contribution in [2.75, 3.05) is 6.54 Å². The van der Waals surface area contributed by atoms with E-state index in [1.54, 1.807) is 22.7 Å². The van der Waals surface area contributed by atoms with Crippen molar-refractivity contribution in [3.8, 4) is 0 Å². The fourth-order valence-electron chi connectivity index (χ4n) is 5.30. The van der Waals surface area contributed by atoms with Gasteiger partial charge in [-0.2, -0.15) is 18.3 Å². The molecule has 40 heavy (non-hydrogen) atoms. The summed E-state index contributed by atoms with van der Waals surface area (Å²) in [7, 11) is 0. The summed E-state index contributed by atoms with van der Waals surface area (Å²) in [5, 5.41) is 4.14. The normalized spacial score (nSPS) is 19.8. The number of fused-ring (bicyclic) bond motifs is 3. The van der Waals surface area contributed by atoms with Crippen LogP contribution in [0.25, 0.3) is 5.57 Å². The molecular formula is C28H28ClF3N6O2. The second kappa shape index (κ2) is 10.0. The molecule has 0 bridgehead atoms. The number of carbonyl (C=O) groups excluding carboxylic acids is 2. The van der Waals surface area contributed by atoms with E-state index >= 15 is 0 Å². The lowest BCUT2D eigenvalue weighted by Crippen LogP contribution is -2.45. The second-order valence-electron chi connectivity index (χ2n) is 10.5. The molecule has 3 aromatic rings. The van der Waals surface area contributed by atoms with Gasteiger partial charge in [0.1, 0.15) is 11.4 Å². The van der Waals surface area contributed by atoms with E-state index in [0.717, 1.165) is 23.0 Å². The minimum Gasteiger partial charge on any atom is -0.330 e. The smallest absolute Gasteiger partial charge is 0.330 e. The van der Waals surface area contributed by atoms with Gasteiger partial charge in [0, 0.05) is 37.0 Å². The van der Waals surface area contributed by atoms with Crippen LogP contribution in [0.4, 0.5) is 13.2 Å². The Morgan fingerprint density at radius 1 is 1.15 bits per heavy atom. The number of alkyl halides is 3. The van der Waals surface area contributed by atoms with Gasteiger partial charge < -0.3 is 9.80 Å². The molecule has 2 aliphatic heterocycles. The highest BCUT2D eigenvalue weighted by atomic mass is 35.5. The number of hydrogen-bond acceptors (Lipinski definition) is 5. The molecule has 0 saturated carbocycles. The largest absolute Gasteiger partial charge is 0.417 e. The van der Waals surface area contributed by atoms with Crippen molar-refractivity contribution in [2.24, 2.45) is 0 Å². The number of aromatic nitrogens is 4. The van der Waals surface area contributed by atoms with Gasteiger partial charge in [-0.1, -0.05) is 24.2 Å². The van der Waals surface area contributed by atoms with Crippen LogP contribution in [0.2, 0.25) is 5.02 Å². The molecule has 1 unspecified atom stereocenters. The number of rotatable bonds is 4. The van der Waals surface area contributed by atoms with Gasteiger partial charge in [0.15, 0.2) is 0 Å². The summed E-state index contributed by atoms with van der Waals surface area (Å²) in [5.74, 6) is -0.903. The zero-order valence-corrected chi connectivity index (χ0v) is 23.2. The predicted octanol–water partition coefficient (Wildman–Crippen LogP) is 5.74. The lowest BCUT2D eigenvalue weighted by molar-refractivity contribution is -0.137. The Morgan fingerprint density at radius 3 is 2.48 bits per heavy atom. The number of amides is 2. The average molecular weight is 573 g/mol. The predicted molar refractivity (Wildman–Crippen MR) is 143 cm³/mol. The summed E-state index contributed by atoms with van der Waals surface area (Å²) in [5.41, 5.74) is 2.68. The lowest BCUT2D eigenvalue weighted by Gasteiger charge is -2.37. The van der Waals surface area contributed by atoms with Crippen molar-refractivity contribution in [1.82, 2.24) is 29.5 Å². The van der Waals surface area contributed by atoms with E-state index in [1.807, 2.05) is 32.9 Å². The van der Waals surface area contributed by atoms with E-state index in [0.29, 0.717) is 36.0 Å². The molecule has 0 radical (unpaired) electrons. The monoisotopic (exact) mass is 572 g/mol. The van der Waals surface area contributed by atoms with Gasteiger partial charge in [-0.15, -0.1) is 0 Å². The lowest BCUT2D eigenvalue weighted by atomic mass is 9.97. The fraction of sp³-hybridized carbons (Fsp3) is 0.393. The molecule has 210 valence electrons. The minimum absolute atomic E-state index is 0.0197. The van der Waals surface area contributed by atoms with Gasteiger partial charge in [0.2, 0.25) is 0 Å². The van der Waals surface area contributed by atoms with Crippen molar-refractivity contribution < 1.29 is 22.8 Å². The van der Waals surface area contributed by atoms with Crippen LogP contribution in [0.3, 0.4) is 0 Å². The van der Waals surface area contributed by atoms with Crippen molar-refractivity contribution >= 4 is 29.0 Å². The van der Waals surface area contributed by atoms with E-state index < -0.39 is 22.7 Å². The highest BCUT2D eigenvalue weighted by Crippen LogP contribution is 2.37. The fourth-order valence-corrected chi connectivity index (χ4v) is 5.51. The maximum Gasteiger partial charge on any atom is 0.417 e. The summed E-state index contributed by atoms with van der Waals surface area (Å²) in [4.78, 5) is 38.8. The Labute approximate surface area is 234 Å². The number of hydrogen-bond donors (Lipinski definition) is 0. The third-order valence-electron chi connectivity index (χ3n) is 7.60. The van der Waals surface area contributed by atoms with Crippen LogP contribution in [0, 0.1) is 0 Å². The van der Waals surface area contributed by atoms with Gasteiger partial charge in [0.25, 0.3) is 11.8 Å². The molecule has 0 saturated heterocycles. The van der Waals surface area contributed by atoms with Crippen LogP contribution < -0.4 is 0 Å². The summed E-state index contributed by atoms with van der Waals surface area (Å²) in [6, 6.07) is 3.69. The van der Waals surface area contributed by atoms with Crippen LogP contribution in [0.15, 0.2) is 37.2 Å². The van der Waals surface area contributed by atoms with E-state index in [1.165, 1.54) is 4.90 Å². The first kappa shape index (κ1) is 27.8. The molecule has 0 spiro atoms. The van der Waals surface area contributed by atoms with Gasteiger partial charge in [-0.3, -0.25) is 19.3 Å². The van der Waals surface area contributed by atoms with E-state index in [9.17, 15) is 22.8 Å². The zero-order valence-electron chi connectivity index (χ0n) is 22.5. The number of nitrogens with zero attached hydrogens (tertiary/aromatic N) is 6. The van der Waals surface area contributed by atoms with Gasteiger partial charge in [0.05, 0.1) is 40.6 Å². The molecule has 2 amide bonds. The molecule has 12 heteroatoms. The summed E-state index contributed by atoms with van der Waals surface area (Å²) in [6.45, 7) is 11.9. The number of allylic oxidation sites excluding steroid dienone is 1. The van der Waals surface area contributed by atoms with Crippen LogP contribution in [-0.2, 0) is 19.1 Å². The molecule has 8 nitrogen and oxygen atoms in total. The molecule has 0 aliphatic carbocycles. The topological polar surface area (TPSA) is 84.2 Å². The number of carbonyl (C=O) groups is 2. The summed E-state index contributed by atoms with van der Waals surface area (Å²) < 4.78 is 42.0. The summed E-state index contributed by atoms with van der Waals surface area (Å²) >= 11 is 5.70. The zero-order chi connectivity index (χ0) is 29.1. The maximum atomic E-state index is 13.9. The highest BCUT2D eigenvalue weighted by Gasteiger charge is 2.41. The van der Waals surface area contributed by atoms with Gasteiger partial charge in [-0.05, 0) is 51.0 Å². The number of pyridine rings is 2. The molecule has 0 fully saturated rings. The maximum absolute atomic E-state index is 13.9. The van der Waals surface area contributed by atoms with Crippen LogP contribution >= 0.6 is 11.6 Å². The average Bonchev–Trinajstić information content (AvgIpc) is 3.28. The first-order valence-corrected chi connectivity index (χ1v) is 13.2. The highest BCUT2D eigenvalue weighted by molar-refractivity contribution is 6.31. The molecule has 5 rings (SSSR count). The second-order valence-corrected chi connectivity index (χ2v) is 10.9. The Morgan fingerprint density at radius 2 is 1.85 bits per heavy atom. The van der Waals surface area contributed by atoms with Gasteiger partial charge >= 0.3 is 6.18 Å². The molecule has 0 N–H and O–H groups in total. The van der Waals surface area contributed by atoms with Crippen LogP contribution in [0.1, 0.15) is 88.8 Å². The van der Waals surface area contributed by atoms with Crippen molar-refractivity contribution in [2.45, 2.75) is 65.0 Å². The number of halogens is 4. The molecule has 5 heterocycles. The Balaban J connectivity index is 1.46. The Hall–Kier alpha value is -3.73. The Kier molecular flexibility index (Phi) is 6.98. The first-order chi connectivity index (χ1) is 18.8. The van der Waals surface area contributed by atoms with E-state index in [2.05, 4.69) is 16.5 Å². The SMILES string of the molecule is C=C(C)c1ccc(C(C)N2C[C@@H](C)n3nc4c(c3C2=O)CN(C(=O)c2cc(C(F)(F)F)c(Cl)cn2)[C@H](C)C4)cn1. The van der Waals surface area contributed by atoms with Crippen molar-refractivity contribution in [1.29, 1.82) is 0 Å². The third-order valence-corrected chi connectivity index (χ3v) is 7.90. The molecule has 3 aromatic heterocycles. The third kappa shape index (κ3) is 4.76. The van der Waals surface area contributed by atoms with E-state index in [-0.39, 0.29) is 36.3 Å². The standard InChI is InChI=1S/C28H28ClF3N6O2/c1-14(2)22-7-6-18(10-33-22)17(5)37-12-16(4)38-25(27(37)40)19-13-36(15(3)8-23(19)35-38)26(39)24-9-20(28(30,31)32)21(29)11-34-24/h6-7,9-11,15-17H,1,8,12-13H2,2-5H3/t15-,16-,17?/m1/s1. The minimum atomic E-state index is -4.73. The van der Waals surface area contributed by atoms with Crippen LogP contribution in [0.5, 0.6) is 0 Å². The molecule has 3 atom stereocenters. The molecule has 0 aromatic carbocycles. The Bertz CT molecular complexity index is 1520. The van der Waals surface area contributed by atoms with Crippen LogP contribution in [-0.4, -0.2) is 53.9 Å².